The number of nitrogens with zero attached hydrogens (tertiary/aromatic N) is 1. The Balaban J connectivity index is 1.74. The molecule has 1 amide bonds. The van der Waals surface area contributed by atoms with Crippen molar-refractivity contribution in [1.29, 1.82) is 0 Å². The third kappa shape index (κ3) is 4.14. The maximum absolute atomic E-state index is 13.4. The molecule has 0 saturated carbocycles. The molecule has 0 aliphatic carbocycles. The number of fused-ring (bicyclic) bond motifs is 1. The number of esters is 1. The molecule has 0 bridgehead atoms. The van der Waals surface area contributed by atoms with Crippen LogP contribution >= 0.6 is 0 Å². The third-order valence-electron chi connectivity index (χ3n) is 6.88. The van der Waals surface area contributed by atoms with Crippen molar-refractivity contribution < 1.29 is 33.1 Å². The average Bonchev–Trinajstić information content (AvgIpc) is 3.26. The number of carbonyl (C=O) groups is 2. The van der Waals surface area contributed by atoms with Crippen molar-refractivity contribution in [3.05, 3.63) is 59.7 Å². The van der Waals surface area contributed by atoms with E-state index in [0.717, 1.165) is 5.56 Å². The van der Waals surface area contributed by atoms with Crippen molar-refractivity contribution in [3.63, 3.8) is 0 Å². The van der Waals surface area contributed by atoms with E-state index in [9.17, 15) is 9.59 Å². The third-order valence-corrected chi connectivity index (χ3v) is 6.88. The SMILES string of the molecule is COC(=O)[C@H]1[C@@H](B2OC(C)(C)C(C)(C)O2)c2ccc(OC)cc2N1C(=O)OCc1ccccc1. The van der Waals surface area contributed by atoms with Crippen molar-refractivity contribution in [2.24, 2.45) is 0 Å². The van der Waals surface area contributed by atoms with Gasteiger partial charge in [-0.3, -0.25) is 4.90 Å². The number of rotatable bonds is 5. The molecule has 0 unspecified atom stereocenters. The molecule has 0 N–H and O–H groups in total. The molecule has 2 aromatic carbocycles. The fourth-order valence-corrected chi connectivity index (χ4v) is 4.33. The summed E-state index contributed by atoms with van der Waals surface area (Å²) in [5.74, 6) is -0.678. The number of ether oxygens (including phenoxy) is 3. The van der Waals surface area contributed by atoms with E-state index in [1.807, 2.05) is 64.1 Å². The van der Waals surface area contributed by atoms with Crippen LogP contribution in [0, 0.1) is 0 Å². The fourth-order valence-electron chi connectivity index (χ4n) is 4.33. The number of amides is 1. The summed E-state index contributed by atoms with van der Waals surface area (Å²) in [6.45, 7) is 7.82. The van der Waals surface area contributed by atoms with Crippen LogP contribution in [0.15, 0.2) is 48.5 Å². The van der Waals surface area contributed by atoms with Gasteiger partial charge in [-0.15, -0.1) is 0 Å². The predicted octanol–water partition coefficient (Wildman–Crippen LogP) is 4.11. The Morgan fingerprint density at radius 3 is 2.24 bits per heavy atom. The molecular formula is C25H30BNO7. The van der Waals surface area contributed by atoms with E-state index in [2.05, 4.69) is 0 Å². The second-order valence-corrected chi connectivity index (χ2v) is 9.45. The first kappa shape index (κ1) is 24.1. The lowest BCUT2D eigenvalue weighted by Crippen LogP contribution is -2.49. The zero-order chi connectivity index (χ0) is 24.7. The number of benzene rings is 2. The van der Waals surface area contributed by atoms with E-state index in [4.69, 9.17) is 23.5 Å². The first-order valence-electron chi connectivity index (χ1n) is 11.2. The van der Waals surface area contributed by atoms with Gasteiger partial charge in [0.2, 0.25) is 0 Å². The number of hydrogen-bond acceptors (Lipinski definition) is 7. The van der Waals surface area contributed by atoms with E-state index < -0.39 is 42.2 Å². The van der Waals surface area contributed by atoms with Gasteiger partial charge in [0.05, 0.1) is 36.9 Å². The molecule has 2 aromatic rings. The second kappa shape index (κ2) is 8.96. The van der Waals surface area contributed by atoms with Gasteiger partial charge < -0.3 is 23.5 Å². The van der Waals surface area contributed by atoms with Crippen molar-refractivity contribution in [3.8, 4) is 5.75 Å². The Hall–Kier alpha value is -3.04. The molecule has 1 saturated heterocycles. The Morgan fingerprint density at radius 1 is 1.00 bits per heavy atom. The summed E-state index contributed by atoms with van der Waals surface area (Å²) in [4.78, 5) is 27.8. The Labute approximate surface area is 200 Å². The molecular weight excluding hydrogens is 437 g/mol. The van der Waals surface area contributed by atoms with Crippen molar-refractivity contribution in [2.75, 3.05) is 19.1 Å². The maximum atomic E-state index is 13.4. The van der Waals surface area contributed by atoms with Crippen LogP contribution in [0.25, 0.3) is 0 Å². The van der Waals surface area contributed by atoms with Crippen LogP contribution in [-0.4, -0.2) is 50.6 Å². The summed E-state index contributed by atoms with van der Waals surface area (Å²) in [7, 11) is 2.05. The summed E-state index contributed by atoms with van der Waals surface area (Å²) >= 11 is 0. The number of methoxy groups -OCH3 is 2. The first-order chi connectivity index (χ1) is 16.1. The molecule has 1 fully saturated rings. The Morgan fingerprint density at radius 2 is 1.65 bits per heavy atom. The van der Waals surface area contributed by atoms with Crippen LogP contribution < -0.4 is 9.64 Å². The highest BCUT2D eigenvalue weighted by Crippen LogP contribution is 2.49. The van der Waals surface area contributed by atoms with E-state index in [1.165, 1.54) is 19.1 Å². The second-order valence-electron chi connectivity index (χ2n) is 9.45. The van der Waals surface area contributed by atoms with Gasteiger partial charge in [-0.25, -0.2) is 9.59 Å². The molecule has 9 heteroatoms. The standard InChI is InChI=1S/C25H30BNO7/c1-24(2)25(3,4)34-26(33-24)20-18-13-12-17(30-5)14-19(18)27(21(20)22(28)31-6)23(29)32-15-16-10-8-7-9-11-16/h7-14,20-21H,15H2,1-6H3/t20-,21+/m0/s1. The van der Waals surface area contributed by atoms with Crippen molar-refractivity contribution >= 4 is 24.9 Å². The van der Waals surface area contributed by atoms with Gasteiger partial charge in [-0.1, -0.05) is 36.4 Å². The van der Waals surface area contributed by atoms with Crippen molar-refractivity contribution in [1.82, 2.24) is 0 Å². The van der Waals surface area contributed by atoms with Gasteiger partial charge >= 0.3 is 19.2 Å². The minimum Gasteiger partial charge on any atom is -0.497 e. The highest BCUT2D eigenvalue weighted by molar-refractivity contribution is 6.49. The quantitative estimate of drug-likeness (QED) is 0.484. The molecule has 0 spiro atoms. The van der Waals surface area contributed by atoms with Gasteiger partial charge in [0.15, 0.2) is 0 Å². The van der Waals surface area contributed by atoms with Crippen LogP contribution in [0.4, 0.5) is 10.5 Å². The van der Waals surface area contributed by atoms with Crippen LogP contribution in [0.3, 0.4) is 0 Å². The van der Waals surface area contributed by atoms with Crippen LogP contribution in [0.2, 0.25) is 0 Å². The number of anilines is 1. The zero-order valence-electron chi connectivity index (χ0n) is 20.4. The summed E-state index contributed by atoms with van der Waals surface area (Å²) in [6, 6.07) is 13.6. The number of carbonyl (C=O) groups excluding carboxylic acids is 2. The van der Waals surface area contributed by atoms with E-state index in [1.54, 1.807) is 12.1 Å². The zero-order valence-corrected chi connectivity index (χ0v) is 20.4. The molecule has 4 rings (SSSR count). The Kier molecular flexibility index (Phi) is 6.35. The number of hydrogen-bond donors (Lipinski definition) is 0. The lowest BCUT2D eigenvalue weighted by atomic mass is 9.65. The van der Waals surface area contributed by atoms with Crippen LogP contribution in [0.1, 0.15) is 44.6 Å². The molecule has 0 radical (unpaired) electrons. The highest BCUT2D eigenvalue weighted by atomic mass is 16.7. The van der Waals surface area contributed by atoms with Crippen molar-refractivity contribution in [2.45, 2.75) is 57.4 Å². The summed E-state index contributed by atoms with van der Waals surface area (Å²) in [6.07, 6.45) is -0.673. The Bertz CT molecular complexity index is 1060. The van der Waals surface area contributed by atoms with E-state index in [-0.39, 0.29) is 6.61 Å². The van der Waals surface area contributed by atoms with Gasteiger partial charge in [-0.2, -0.15) is 0 Å². The molecule has 180 valence electrons. The lowest BCUT2D eigenvalue weighted by molar-refractivity contribution is -0.142. The average molecular weight is 467 g/mol. The lowest BCUT2D eigenvalue weighted by Gasteiger charge is -2.32. The van der Waals surface area contributed by atoms with Gasteiger partial charge in [0.25, 0.3) is 0 Å². The first-order valence-corrected chi connectivity index (χ1v) is 11.2. The highest BCUT2D eigenvalue weighted by Gasteiger charge is 2.61. The molecule has 8 nitrogen and oxygen atoms in total. The predicted molar refractivity (Wildman–Crippen MR) is 127 cm³/mol. The van der Waals surface area contributed by atoms with E-state index in [0.29, 0.717) is 17.0 Å². The molecule has 2 heterocycles. The summed E-state index contributed by atoms with van der Waals surface area (Å²) < 4.78 is 28.7. The molecule has 0 aromatic heterocycles. The minimum absolute atomic E-state index is 0.0600. The van der Waals surface area contributed by atoms with Crippen LogP contribution in [-0.2, 0) is 30.2 Å². The molecule has 2 aliphatic rings. The monoisotopic (exact) mass is 467 g/mol. The molecule has 34 heavy (non-hydrogen) atoms. The van der Waals surface area contributed by atoms with Gasteiger partial charge in [0.1, 0.15) is 18.4 Å². The normalized spacial score (nSPS) is 22.3. The fraction of sp³-hybridized carbons (Fsp3) is 0.440. The van der Waals surface area contributed by atoms with Gasteiger partial charge in [0, 0.05) is 6.07 Å². The molecule has 2 aliphatic heterocycles. The topological polar surface area (TPSA) is 83.5 Å². The summed E-state index contributed by atoms with van der Waals surface area (Å²) in [5.41, 5.74) is 0.801. The summed E-state index contributed by atoms with van der Waals surface area (Å²) in [5, 5.41) is 0. The largest absolute Gasteiger partial charge is 0.497 e. The van der Waals surface area contributed by atoms with Crippen LogP contribution in [0.5, 0.6) is 5.75 Å². The van der Waals surface area contributed by atoms with E-state index >= 15 is 0 Å². The minimum atomic E-state index is -1.04. The molecule has 2 atom stereocenters. The maximum Gasteiger partial charge on any atom is 0.468 e. The smallest absolute Gasteiger partial charge is 0.468 e. The van der Waals surface area contributed by atoms with Gasteiger partial charge in [-0.05, 0) is 44.9 Å².